The van der Waals surface area contributed by atoms with Crippen LogP contribution < -0.4 is 10.3 Å². The van der Waals surface area contributed by atoms with Gasteiger partial charge in [-0.15, -0.1) is 0 Å². The van der Waals surface area contributed by atoms with Crippen molar-refractivity contribution in [2.75, 3.05) is 4.90 Å². The Labute approximate surface area is 233 Å². The molecule has 0 radical (unpaired) electrons. The van der Waals surface area contributed by atoms with Crippen molar-refractivity contribution >= 4 is 29.6 Å². The van der Waals surface area contributed by atoms with Gasteiger partial charge >= 0.3 is 0 Å². The summed E-state index contributed by atoms with van der Waals surface area (Å²) >= 11 is 0. The molecule has 1 heterocycles. The van der Waals surface area contributed by atoms with E-state index in [2.05, 4.69) is 41.7 Å². The molecular weight excluding hydrogens is 498 g/mol. The number of hydrogen-bond donors (Lipinski definition) is 1. The number of imide groups is 1. The maximum atomic E-state index is 14.3. The molecule has 1 saturated heterocycles. The van der Waals surface area contributed by atoms with Crippen LogP contribution in [0.2, 0.25) is 0 Å². The molecule has 6 heteroatoms. The first kappa shape index (κ1) is 23.8. The minimum Gasteiger partial charge on any atom is -0.274 e. The summed E-state index contributed by atoms with van der Waals surface area (Å²) in [6, 6.07) is 25.4. The zero-order valence-electron chi connectivity index (χ0n) is 22.4. The Hall–Kier alpha value is -4.06. The lowest BCUT2D eigenvalue weighted by molar-refractivity contribution is -0.124. The molecule has 40 heavy (non-hydrogen) atoms. The maximum absolute atomic E-state index is 14.3. The number of nitrogens with one attached hydrogen (secondary N) is 1. The van der Waals surface area contributed by atoms with Crippen molar-refractivity contribution in [2.24, 2.45) is 34.2 Å². The van der Waals surface area contributed by atoms with Gasteiger partial charge in [-0.3, -0.25) is 14.4 Å². The first-order valence-electron chi connectivity index (χ1n) is 14.4. The fraction of sp³-hybridized carbons (Fsp3) is 0.353. The molecule has 3 fully saturated rings. The average molecular weight is 530 g/mol. The first-order chi connectivity index (χ1) is 19.5. The van der Waals surface area contributed by atoms with E-state index in [1.165, 1.54) is 17.7 Å². The number of amides is 3. The molecule has 6 aliphatic rings. The summed E-state index contributed by atoms with van der Waals surface area (Å²) in [6.45, 7) is 2.23. The van der Waals surface area contributed by atoms with Crippen LogP contribution in [0.1, 0.15) is 60.8 Å². The fourth-order valence-electron chi connectivity index (χ4n) is 9.00. The predicted octanol–water partition coefficient (Wildman–Crippen LogP) is 5.17. The summed E-state index contributed by atoms with van der Waals surface area (Å²) in [5.74, 6) is -1.44. The van der Waals surface area contributed by atoms with E-state index in [0.29, 0.717) is 11.6 Å². The van der Waals surface area contributed by atoms with Gasteiger partial charge < -0.3 is 0 Å². The van der Waals surface area contributed by atoms with E-state index in [0.717, 1.165) is 35.1 Å². The molecule has 0 spiro atoms. The molecule has 6 nitrogen and oxygen atoms in total. The van der Waals surface area contributed by atoms with Crippen molar-refractivity contribution < 1.29 is 14.4 Å². The summed E-state index contributed by atoms with van der Waals surface area (Å²) in [4.78, 5) is 43.2. The van der Waals surface area contributed by atoms with Crippen molar-refractivity contribution in [3.8, 4) is 0 Å². The molecule has 1 aliphatic heterocycles. The molecule has 2 saturated carbocycles. The van der Waals surface area contributed by atoms with Gasteiger partial charge in [0.2, 0.25) is 17.7 Å². The van der Waals surface area contributed by atoms with Crippen LogP contribution in [0.5, 0.6) is 0 Å². The second-order valence-corrected chi connectivity index (χ2v) is 12.4. The maximum Gasteiger partial charge on any atom is 0.244 e. The van der Waals surface area contributed by atoms with E-state index >= 15 is 0 Å². The molecule has 2 bridgehead atoms. The summed E-state index contributed by atoms with van der Waals surface area (Å²) in [5.41, 5.74) is 6.65. The number of carbonyl (C=O) groups is 3. The van der Waals surface area contributed by atoms with Gasteiger partial charge in [-0.05, 0) is 58.6 Å². The normalized spacial score (nSPS) is 34.7. The van der Waals surface area contributed by atoms with E-state index in [9.17, 15) is 14.4 Å². The highest BCUT2D eigenvalue weighted by Gasteiger charge is 2.68. The zero-order valence-corrected chi connectivity index (χ0v) is 22.4. The summed E-state index contributed by atoms with van der Waals surface area (Å²) in [5, 5.41) is 4.62. The molecule has 3 aromatic carbocycles. The number of para-hydroxylation sites is 1. The van der Waals surface area contributed by atoms with Crippen molar-refractivity contribution in [1.29, 1.82) is 0 Å². The second-order valence-electron chi connectivity index (χ2n) is 12.4. The van der Waals surface area contributed by atoms with Gasteiger partial charge in [0.05, 0.1) is 22.9 Å². The lowest BCUT2D eigenvalue weighted by Gasteiger charge is -2.52. The Kier molecular flexibility index (Phi) is 4.89. The van der Waals surface area contributed by atoms with Gasteiger partial charge in [-0.2, -0.15) is 5.10 Å². The standard InChI is InChI=1S/C34H31N3O3/c1-33-18-10-9-17-25(33)28(33)30(38)36-35-19-34-23-15-7-5-13-21(23)26(22-14-6-8-16-24(22)34)27-29(34)32(40)37(31(27)39)20-11-3-2-4-12-20/h2-8,11-16,19,25-29H,9-10,17-18H2,1H3,(H,36,38)/b35-19-/t25-,26?,27-,28-,29+,33+,34?/m1/s1. The molecule has 9 rings (SSSR count). The van der Waals surface area contributed by atoms with E-state index in [-0.39, 0.29) is 35.0 Å². The first-order valence-corrected chi connectivity index (χ1v) is 14.4. The number of nitrogens with zero attached hydrogens (tertiary/aromatic N) is 2. The Morgan fingerprint density at radius 1 is 0.900 bits per heavy atom. The molecule has 0 aromatic heterocycles. The van der Waals surface area contributed by atoms with E-state index in [1.54, 1.807) is 6.21 Å². The third-order valence-corrected chi connectivity index (χ3v) is 10.8. The Bertz CT molecular complexity index is 1570. The highest BCUT2D eigenvalue weighted by atomic mass is 16.2. The Morgan fingerprint density at radius 3 is 2.20 bits per heavy atom. The number of benzene rings is 3. The molecule has 3 aromatic rings. The van der Waals surface area contributed by atoms with Crippen molar-refractivity contribution in [1.82, 2.24) is 5.43 Å². The van der Waals surface area contributed by atoms with Crippen LogP contribution in [0.4, 0.5) is 5.69 Å². The highest BCUT2D eigenvalue weighted by Crippen LogP contribution is 2.66. The zero-order chi connectivity index (χ0) is 27.2. The minimum absolute atomic E-state index is 0.0117. The van der Waals surface area contributed by atoms with Crippen LogP contribution in [0.3, 0.4) is 0 Å². The van der Waals surface area contributed by atoms with Crippen LogP contribution in [-0.2, 0) is 19.8 Å². The van der Waals surface area contributed by atoms with E-state index in [1.807, 2.05) is 54.6 Å². The summed E-state index contributed by atoms with van der Waals surface area (Å²) in [6.07, 6.45) is 6.31. The fourth-order valence-corrected chi connectivity index (χ4v) is 9.00. The Morgan fingerprint density at radius 2 is 1.55 bits per heavy atom. The molecule has 1 N–H and O–H groups in total. The molecule has 5 aliphatic carbocycles. The van der Waals surface area contributed by atoms with E-state index < -0.39 is 17.3 Å². The number of hydrazone groups is 1. The van der Waals surface area contributed by atoms with Crippen LogP contribution in [-0.4, -0.2) is 23.9 Å². The predicted molar refractivity (Wildman–Crippen MR) is 152 cm³/mol. The lowest BCUT2D eigenvalue weighted by Crippen LogP contribution is -2.54. The molecular formula is C34H31N3O3. The third-order valence-electron chi connectivity index (χ3n) is 10.8. The topological polar surface area (TPSA) is 78.8 Å². The quantitative estimate of drug-likeness (QED) is 0.288. The van der Waals surface area contributed by atoms with Crippen molar-refractivity contribution in [2.45, 2.75) is 43.9 Å². The average Bonchev–Trinajstić information content (AvgIpc) is 3.53. The van der Waals surface area contributed by atoms with Gasteiger partial charge in [0.25, 0.3) is 0 Å². The van der Waals surface area contributed by atoms with Gasteiger partial charge in [0.15, 0.2) is 0 Å². The van der Waals surface area contributed by atoms with E-state index in [4.69, 9.17) is 0 Å². The third kappa shape index (κ3) is 2.89. The molecule has 3 amide bonds. The number of fused-ring (bicyclic) bond motifs is 1. The minimum atomic E-state index is -0.976. The monoisotopic (exact) mass is 529 g/mol. The van der Waals surface area contributed by atoms with Crippen molar-refractivity contribution in [3.05, 3.63) is 101 Å². The number of hydrogen-bond acceptors (Lipinski definition) is 4. The molecule has 0 unspecified atom stereocenters. The molecule has 5 atom stereocenters. The summed E-state index contributed by atoms with van der Waals surface area (Å²) < 4.78 is 0. The second kappa shape index (κ2) is 8.23. The lowest BCUT2D eigenvalue weighted by atomic mass is 9.47. The van der Waals surface area contributed by atoms with Crippen LogP contribution in [0.25, 0.3) is 0 Å². The highest BCUT2D eigenvalue weighted by molar-refractivity contribution is 6.25. The summed E-state index contributed by atoms with van der Waals surface area (Å²) in [7, 11) is 0. The largest absolute Gasteiger partial charge is 0.274 e. The number of rotatable bonds is 4. The SMILES string of the molecule is C[C@]12CCCC[C@@H]1[C@@H]2C(=O)N/N=C\C12c3ccccc3C(c3ccccc31)[C@H]1C(=O)N(c3ccccc3)C(=O)[C@H]12. The van der Waals surface area contributed by atoms with Crippen LogP contribution in [0.15, 0.2) is 84.0 Å². The van der Waals surface area contributed by atoms with Gasteiger partial charge in [0.1, 0.15) is 0 Å². The number of carbonyl (C=O) groups excluding carboxylic acids is 3. The number of anilines is 1. The van der Waals surface area contributed by atoms with Crippen LogP contribution in [0, 0.1) is 29.1 Å². The van der Waals surface area contributed by atoms with Gasteiger partial charge in [-0.25, -0.2) is 10.3 Å². The van der Waals surface area contributed by atoms with Crippen molar-refractivity contribution in [3.63, 3.8) is 0 Å². The Balaban J connectivity index is 1.26. The smallest absolute Gasteiger partial charge is 0.244 e. The van der Waals surface area contributed by atoms with Gasteiger partial charge in [0, 0.05) is 18.1 Å². The van der Waals surface area contributed by atoms with Crippen LogP contribution >= 0.6 is 0 Å². The molecule has 200 valence electrons. The van der Waals surface area contributed by atoms with Gasteiger partial charge in [-0.1, -0.05) is 86.5 Å².